The number of hydrogen-bond donors (Lipinski definition) is 0. The first-order chi connectivity index (χ1) is 7.67. The Morgan fingerprint density at radius 2 is 1.94 bits per heavy atom. The van der Waals surface area contributed by atoms with Gasteiger partial charge in [-0.3, -0.25) is 0 Å². The molecule has 2 fully saturated rings. The Balaban J connectivity index is 1.95. The number of nitrogens with zero attached hydrogens (tertiary/aromatic N) is 2. The van der Waals surface area contributed by atoms with Crippen LogP contribution in [0.3, 0.4) is 0 Å². The van der Waals surface area contributed by atoms with Crippen LogP contribution in [0.15, 0.2) is 10.2 Å². The zero-order chi connectivity index (χ0) is 11.4. The smallest absolute Gasteiger partial charge is 0.336 e. The first-order valence-corrected chi connectivity index (χ1v) is 6.14. The van der Waals surface area contributed by atoms with Gasteiger partial charge in [0.2, 0.25) is 0 Å². The second-order valence-corrected chi connectivity index (χ2v) is 5.50. The van der Waals surface area contributed by atoms with E-state index in [-0.39, 0.29) is 11.4 Å². The molecule has 3 aliphatic rings. The molecule has 16 heavy (non-hydrogen) atoms. The van der Waals surface area contributed by atoms with Gasteiger partial charge in [-0.1, -0.05) is 12.8 Å². The van der Waals surface area contributed by atoms with E-state index in [1.807, 2.05) is 6.92 Å². The van der Waals surface area contributed by atoms with E-state index in [1.54, 1.807) is 0 Å². The van der Waals surface area contributed by atoms with E-state index in [0.29, 0.717) is 11.8 Å². The number of azo groups is 1. The summed E-state index contributed by atoms with van der Waals surface area (Å²) in [5.41, 5.74) is -0.696. The third kappa shape index (κ3) is 0.937. The van der Waals surface area contributed by atoms with Gasteiger partial charge in [-0.2, -0.15) is 10.2 Å². The molecule has 4 heteroatoms. The van der Waals surface area contributed by atoms with Gasteiger partial charge in [-0.05, 0) is 31.6 Å². The number of methoxy groups -OCH3 is 1. The summed E-state index contributed by atoms with van der Waals surface area (Å²) in [5, 5.41) is 8.40. The van der Waals surface area contributed by atoms with Crippen LogP contribution in [-0.2, 0) is 9.53 Å². The molecule has 4 nitrogen and oxygen atoms in total. The van der Waals surface area contributed by atoms with Gasteiger partial charge in [0.05, 0.1) is 13.7 Å². The normalized spacial score (nSPS) is 49.1. The summed E-state index contributed by atoms with van der Waals surface area (Å²) in [7, 11) is 1.45. The molecular weight excluding hydrogens is 204 g/mol. The van der Waals surface area contributed by atoms with Crippen LogP contribution in [-0.4, -0.2) is 25.2 Å². The Kier molecular flexibility index (Phi) is 1.95. The molecule has 2 saturated carbocycles. The Morgan fingerprint density at radius 3 is 2.50 bits per heavy atom. The van der Waals surface area contributed by atoms with Crippen LogP contribution in [0.2, 0.25) is 0 Å². The summed E-state index contributed by atoms with van der Waals surface area (Å²) < 4.78 is 4.93. The van der Waals surface area contributed by atoms with E-state index in [2.05, 4.69) is 10.2 Å². The van der Waals surface area contributed by atoms with Crippen molar-refractivity contribution in [2.45, 2.75) is 38.1 Å². The largest absolute Gasteiger partial charge is 0.467 e. The Morgan fingerprint density at radius 1 is 1.31 bits per heavy atom. The van der Waals surface area contributed by atoms with Gasteiger partial charge in [0.15, 0.2) is 5.54 Å². The second-order valence-electron chi connectivity index (χ2n) is 5.50. The van der Waals surface area contributed by atoms with Crippen molar-refractivity contribution in [3.05, 3.63) is 0 Å². The summed E-state index contributed by atoms with van der Waals surface area (Å²) in [6, 6.07) is 0. The van der Waals surface area contributed by atoms with Crippen molar-refractivity contribution in [1.29, 1.82) is 0 Å². The molecule has 0 aromatic heterocycles. The van der Waals surface area contributed by atoms with Gasteiger partial charge in [0.25, 0.3) is 0 Å². The van der Waals surface area contributed by atoms with Gasteiger partial charge in [0, 0.05) is 5.41 Å². The SMILES string of the molecule is COC(=O)C1(C)N=NCC12C1CCCCC12. The Hall–Kier alpha value is -0.930. The predicted octanol–water partition coefficient (Wildman–Crippen LogP) is 2.19. The lowest BCUT2D eigenvalue weighted by Crippen LogP contribution is -2.44. The van der Waals surface area contributed by atoms with Gasteiger partial charge >= 0.3 is 5.97 Å². The summed E-state index contributed by atoms with van der Waals surface area (Å²) in [6.07, 6.45) is 5.06. The lowest BCUT2D eigenvalue weighted by molar-refractivity contribution is -0.148. The van der Waals surface area contributed by atoms with Crippen molar-refractivity contribution < 1.29 is 9.53 Å². The molecule has 1 heterocycles. The summed E-state index contributed by atoms with van der Waals surface area (Å²) in [4.78, 5) is 12.0. The lowest BCUT2D eigenvalue weighted by Gasteiger charge is -2.26. The molecule has 0 radical (unpaired) electrons. The Labute approximate surface area is 95.5 Å². The van der Waals surface area contributed by atoms with Crippen molar-refractivity contribution >= 4 is 5.97 Å². The number of hydrogen-bond acceptors (Lipinski definition) is 4. The van der Waals surface area contributed by atoms with E-state index in [4.69, 9.17) is 4.74 Å². The third-order valence-electron chi connectivity index (χ3n) is 5.07. The van der Waals surface area contributed by atoms with Crippen molar-refractivity contribution in [2.75, 3.05) is 13.7 Å². The number of carbonyl (C=O) groups is 1. The van der Waals surface area contributed by atoms with Crippen LogP contribution < -0.4 is 0 Å². The van der Waals surface area contributed by atoms with Crippen LogP contribution >= 0.6 is 0 Å². The fourth-order valence-electron chi connectivity index (χ4n) is 4.18. The fraction of sp³-hybridized carbons (Fsp3) is 0.917. The molecule has 3 atom stereocenters. The number of esters is 1. The van der Waals surface area contributed by atoms with Crippen molar-refractivity contribution in [3.63, 3.8) is 0 Å². The standard InChI is InChI=1S/C12H18N2O2/c1-11(10(15)16-2)12(7-13-14-11)8-5-3-4-6-9(8)12/h8-9H,3-7H2,1-2H3. The van der Waals surface area contributed by atoms with Gasteiger partial charge in [-0.15, -0.1) is 0 Å². The Bertz CT molecular complexity index is 354. The molecule has 0 N–H and O–H groups in total. The summed E-state index contributed by atoms with van der Waals surface area (Å²) in [5.74, 6) is 1.10. The first kappa shape index (κ1) is 10.2. The molecule has 0 saturated heterocycles. The van der Waals surface area contributed by atoms with Crippen LogP contribution in [0.4, 0.5) is 0 Å². The van der Waals surface area contributed by atoms with Crippen LogP contribution in [0.25, 0.3) is 0 Å². The second kappa shape index (κ2) is 3.05. The molecule has 0 bridgehead atoms. The highest BCUT2D eigenvalue weighted by Crippen LogP contribution is 2.72. The molecule has 0 amide bonds. The van der Waals surface area contributed by atoms with E-state index < -0.39 is 5.54 Å². The highest BCUT2D eigenvalue weighted by molar-refractivity contribution is 5.83. The minimum absolute atomic E-state index is 0.0105. The van der Waals surface area contributed by atoms with Crippen molar-refractivity contribution in [1.82, 2.24) is 0 Å². The maximum absolute atomic E-state index is 12.0. The molecule has 3 unspecified atom stereocenters. The number of rotatable bonds is 1. The maximum Gasteiger partial charge on any atom is 0.336 e. The fourth-order valence-corrected chi connectivity index (χ4v) is 4.18. The topological polar surface area (TPSA) is 51.0 Å². The van der Waals surface area contributed by atoms with Gasteiger partial charge in [0.1, 0.15) is 0 Å². The van der Waals surface area contributed by atoms with Crippen LogP contribution in [0.5, 0.6) is 0 Å². The van der Waals surface area contributed by atoms with E-state index >= 15 is 0 Å². The maximum atomic E-state index is 12.0. The zero-order valence-corrected chi connectivity index (χ0v) is 9.90. The molecule has 88 valence electrons. The highest BCUT2D eigenvalue weighted by Gasteiger charge is 2.77. The molecule has 3 rings (SSSR count). The van der Waals surface area contributed by atoms with Crippen LogP contribution in [0.1, 0.15) is 32.6 Å². The minimum atomic E-state index is -0.707. The van der Waals surface area contributed by atoms with E-state index in [9.17, 15) is 4.79 Å². The number of carbonyl (C=O) groups excluding carboxylic acids is 1. The first-order valence-electron chi connectivity index (χ1n) is 6.14. The molecule has 2 aliphatic carbocycles. The molecule has 0 aromatic carbocycles. The van der Waals surface area contributed by atoms with Gasteiger partial charge < -0.3 is 4.74 Å². The van der Waals surface area contributed by atoms with E-state index in [0.717, 1.165) is 6.54 Å². The van der Waals surface area contributed by atoms with Crippen molar-refractivity contribution in [3.8, 4) is 0 Å². The number of fused-ring (bicyclic) bond motifs is 3. The summed E-state index contributed by atoms with van der Waals surface area (Å²) >= 11 is 0. The lowest BCUT2D eigenvalue weighted by atomic mass is 9.80. The zero-order valence-electron chi connectivity index (χ0n) is 9.90. The minimum Gasteiger partial charge on any atom is -0.467 e. The monoisotopic (exact) mass is 222 g/mol. The average Bonchev–Trinajstić information content (AvgIpc) is 2.83. The molecule has 1 spiro atoms. The van der Waals surface area contributed by atoms with E-state index in [1.165, 1.54) is 32.8 Å². The molecule has 0 aromatic rings. The molecular formula is C12H18N2O2. The average molecular weight is 222 g/mol. The van der Waals surface area contributed by atoms with Crippen molar-refractivity contribution in [2.24, 2.45) is 27.5 Å². The van der Waals surface area contributed by atoms with Gasteiger partial charge in [-0.25, -0.2) is 4.79 Å². The predicted molar refractivity (Wildman–Crippen MR) is 58.0 cm³/mol. The highest BCUT2D eigenvalue weighted by atomic mass is 16.5. The number of ether oxygens (including phenoxy) is 1. The van der Waals surface area contributed by atoms with Crippen LogP contribution in [0, 0.1) is 17.3 Å². The third-order valence-corrected chi connectivity index (χ3v) is 5.07. The molecule has 1 aliphatic heterocycles. The summed E-state index contributed by atoms with van der Waals surface area (Å²) in [6.45, 7) is 2.64. The quantitative estimate of drug-likeness (QED) is 0.638.